The van der Waals surface area contributed by atoms with Crippen LogP contribution in [0.2, 0.25) is 0 Å². The Morgan fingerprint density at radius 3 is 2.27 bits per heavy atom. The van der Waals surface area contributed by atoms with E-state index in [-0.39, 0.29) is 13.1 Å². The number of hydrogen-bond acceptors (Lipinski definition) is 3. The van der Waals surface area contributed by atoms with E-state index in [1.54, 1.807) is 37.3 Å². The molecular weight excluding hydrogens is 282 g/mol. The van der Waals surface area contributed by atoms with Gasteiger partial charge in [0, 0.05) is 0 Å². The summed E-state index contributed by atoms with van der Waals surface area (Å²) >= 11 is 0. The molecule has 0 N–H and O–H groups in total. The van der Waals surface area contributed by atoms with Crippen molar-refractivity contribution in [3.63, 3.8) is 0 Å². The quantitative estimate of drug-likeness (QED) is 0.605. The molecule has 0 atom stereocenters. The third-order valence-corrected chi connectivity index (χ3v) is 3.05. The van der Waals surface area contributed by atoms with E-state index in [2.05, 4.69) is 18.4 Å². The average Bonchev–Trinajstić information content (AvgIpc) is 2.52. The molecule has 1 aromatic carbocycles. The fourth-order valence-corrected chi connectivity index (χ4v) is 2.01. The summed E-state index contributed by atoms with van der Waals surface area (Å²) in [4.78, 5) is 37.2. The summed E-state index contributed by atoms with van der Waals surface area (Å²) in [6.45, 7) is 5.09. The van der Waals surface area contributed by atoms with Gasteiger partial charge in [-0.15, -0.1) is 12.5 Å². The van der Waals surface area contributed by atoms with E-state index in [1.165, 1.54) is 6.08 Å². The molecule has 0 fully saturated rings. The molecule has 0 amide bonds. The summed E-state index contributed by atoms with van der Waals surface area (Å²) in [6.07, 6.45) is 1.43. The number of benzene rings is 1. The molecule has 0 aliphatic carbocycles. The highest BCUT2D eigenvalue weighted by atomic mass is 16.2. The van der Waals surface area contributed by atoms with Gasteiger partial charge in [-0.25, -0.2) is 28.1 Å². The second-order valence-electron chi connectivity index (χ2n) is 4.43. The van der Waals surface area contributed by atoms with Gasteiger partial charge in [0.1, 0.15) is 0 Å². The molecule has 22 heavy (non-hydrogen) atoms. The van der Waals surface area contributed by atoms with E-state index >= 15 is 0 Å². The van der Waals surface area contributed by atoms with Crippen molar-refractivity contribution < 1.29 is 0 Å². The predicted octanol–water partition coefficient (Wildman–Crippen LogP) is 0.370. The highest BCUT2D eigenvalue weighted by Crippen LogP contribution is 1.99. The Kier molecular flexibility index (Phi) is 4.59. The summed E-state index contributed by atoms with van der Waals surface area (Å²) < 4.78 is 2.86. The van der Waals surface area contributed by atoms with Gasteiger partial charge in [0.25, 0.3) is 0 Å². The minimum atomic E-state index is -0.704. The Hall–Kier alpha value is -3.07. The summed E-state index contributed by atoms with van der Waals surface area (Å²) in [5.41, 5.74) is -1.69. The van der Waals surface area contributed by atoms with Gasteiger partial charge < -0.3 is 0 Å². The van der Waals surface area contributed by atoms with Crippen LogP contribution >= 0.6 is 0 Å². The van der Waals surface area contributed by atoms with Crippen LogP contribution in [0.1, 0.15) is 6.92 Å². The Morgan fingerprint density at radius 1 is 1.05 bits per heavy atom. The van der Waals surface area contributed by atoms with E-state index in [0.717, 1.165) is 13.7 Å². The van der Waals surface area contributed by atoms with E-state index in [9.17, 15) is 14.4 Å². The van der Waals surface area contributed by atoms with Crippen molar-refractivity contribution in [2.45, 2.75) is 20.0 Å². The molecule has 2 aromatic rings. The van der Waals surface area contributed by atoms with Crippen LogP contribution in [0.4, 0.5) is 0 Å². The van der Waals surface area contributed by atoms with E-state index < -0.39 is 17.1 Å². The molecule has 6 heteroatoms. The largest absolute Gasteiger partial charge is 0.341 e. The molecule has 1 aromatic heterocycles. The highest BCUT2D eigenvalue weighted by Gasteiger charge is 2.15. The lowest BCUT2D eigenvalue weighted by Gasteiger charge is -2.11. The maximum atomic E-state index is 12.5. The van der Waals surface area contributed by atoms with Crippen LogP contribution in [0.3, 0.4) is 0 Å². The number of aromatic nitrogens is 3. The zero-order chi connectivity index (χ0) is 16.1. The van der Waals surface area contributed by atoms with Crippen LogP contribution in [0.15, 0.2) is 57.4 Å². The van der Waals surface area contributed by atoms with Crippen molar-refractivity contribution >= 4 is 0 Å². The van der Waals surface area contributed by atoms with Crippen LogP contribution in [-0.4, -0.2) is 13.7 Å². The molecule has 0 spiro atoms. The van der Waals surface area contributed by atoms with E-state index in [0.29, 0.717) is 5.69 Å². The van der Waals surface area contributed by atoms with Gasteiger partial charge in [-0.3, -0.25) is 0 Å². The van der Waals surface area contributed by atoms with Gasteiger partial charge >= 0.3 is 17.1 Å². The third-order valence-electron chi connectivity index (χ3n) is 3.05. The Bertz CT molecular complexity index is 922. The first-order valence-corrected chi connectivity index (χ1v) is 6.64. The van der Waals surface area contributed by atoms with Crippen molar-refractivity contribution in [2.75, 3.05) is 0 Å². The fourth-order valence-electron chi connectivity index (χ4n) is 2.01. The first-order chi connectivity index (χ1) is 10.6. The van der Waals surface area contributed by atoms with Gasteiger partial charge in [0.15, 0.2) is 0 Å². The van der Waals surface area contributed by atoms with Crippen molar-refractivity contribution in [3.05, 3.63) is 74.4 Å². The number of rotatable bonds is 4. The Labute approximate surface area is 126 Å². The zero-order valence-electron chi connectivity index (χ0n) is 12.2. The zero-order valence-corrected chi connectivity index (χ0v) is 12.2. The number of nitrogens with zero attached hydrogens (tertiary/aromatic N) is 3. The molecule has 0 bridgehead atoms. The number of allylic oxidation sites excluding steroid dienone is 1. The first kappa shape index (κ1) is 15.3. The molecule has 1 heterocycles. The SMILES string of the molecule is C=CCn1c(=O)n(CC#CC)c(=O)n(-c2ccccc2)c1=O. The van der Waals surface area contributed by atoms with Crippen LogP contribution < -0.4 is 17.1 Å². The summed E-state index contributed by atoms with van der Waals surface area (Å²) in [5, 5.41) is 0. The summed E-state index contributed by atoms with van der Waals surface area (Å²) in [6, 6.07) is 8.44. The van der Waals surface area contributed by atoms with Crippen LogP contribution in [0.25, 0.3) is 5.69 Å². The predicted molar refractivity (Wildman–Crippen MR) is 84.2 cm³/mol. The molecule has 0 radical (unpaired) electrons. The van der Waals surface area contributed by atoms with Gasteiger partial charge in [0.05, 0.1) is 18.8 Å². The van der Waals surface area contributed by atoms with Gasteiger partial charge in [-0.2, -0.15) is 0 Å². The molecule has 0 saturated carbocycles. The molecule has 0 aliphatic heterocycles. The van der Waals surface area contributed by atoms with Crippen molar-refractivity contribution in [3.8, 4) is 17.5 Å². The van der Waals surface area contributed by atoms with Crippen LogP contribution in [0.5, 0.6) is 0 Å². The van der Waals surface area contributed by atoms with Gasteiger partial charge in [-0.05, 0) is 19.1 Å². The maximum absolute atomic E-state index is 12.5. The van der Waals surface area contributed by atoms with Crippen LogP contribution in [0, 0.1) is 11.8 Å². The minimum absolute atomic E-state index is 0.0182. The number of hydrogen-bond donors (Lipinski definition) is 0. The van der Waals surface area contributed by atoms with Crippen LogP contribution in [-0.2, 0) is 13.1 Å². The van der Waals surface area contributed by atoms with E-state index in [4.69, 9.17) is 0 Å². The smallest absolute Gasteiger partial charge is 0.247 e. The highest BCUT2D eigenvalue weighted by molar-refractivity contribution is 5.30. The summed E-state index contributed by atoms with van der Waals surface area (Å²) in [7, 11) is 0. The fraction of sp³-hybridized carbons (Fsp3) is 0.188. The summed E-state index contributed by atoms with van der Waals surface area (Å²) in [5.74, 6) is 5.30. The lowest BCUT2D eigenvalue weighted by molar-refractivity contribution is 0.544. The lowest BCUT2D eigenvalue weighted by atomic mass is 10.3. The van der Waals surface area contributed by atoms with Crippen molar-refractivity contribution in [1.82, 2.24) is 13.7 Å². The molecule has 0 aliphatic rings. The van der Waals surface area contributed by atoms with Gasteiger partial charge in [-0.1, -0.05) is 30.2 Å². The Balaban J connectivity index is 2.88. The standard InChI is InChI=1S/C16H15N3O3/c1-3-5-12-18-14(20)17(11-4-2)15(21)19(16(18)22)13-9-7-6-8-10-13/h4,6-10H,2,11-12H2,1H3. The lowest BCUT2D eigenvalue weighted by Crippen LogP contribution is -2.53. The average molecular weight is 297 g/mol. The monoisotopic (exact) mass is 297 g/mol. The molecule has 6 nitrogen and oxygen atoms in total. The van der Waals surface area contributed by atoms with Crippen molar-refractivity contribution in [2.24, 2.45) is 0 Å². The van der Waals surface area contributed by atoms with Gasteiger partial charge in [0.2, 0.25) is 0 Å². The molecule has 0 saturated heterocycles. The molecule has 0 unspecified atom stereocenters. The molecule has 2 rings (SSSR count). The molecule has 112 valence electrons. The maximum Gasteiger partial charge on any atom is 0.341 e. The second kappa shape index (κ2) is 6.59. The minimum Gasteiger partial charge on any atom is -0.247 e. The topological polar surface area (TPSA) is 66.0 Å². The van der Waals surface area contributed by atoms with Crippen molar-refractivity contribution in [1.29, 1.82) is 0 Å². The normalized spacial score (nSPS) is 9.86. The third kappa shape index (κ3) is 2.69. The molecular formula is C16H15N3O3. The first-order valence-electron chi connectivity index (χ1n) is 6.64. The van der Waals surface area contributed by atoms with E-state index in [1.807, 2.05) is 0 Å². The Morgan fingerprint density at radius 2 is 1.68 bits per heavy atom. The number of para-hydroxylation sites is 1. The second-order valence-corrected chi connectivity index (χ2v) is 4.43.